The first kappa shape index (κ1) is 27.5. The quantitative estimate of drug-likeness (QED) is 0.321. The van der Waals surface area contributed by atoms with Crippen LogP contribution in [-0.4, -0.2) is 66.6 Å². The van der Waals surface area contributed by atoms with Crippen LogP contribution in [0.5, 0.6) is 0 Å². The Hall–Kier alpha value is -4.04. The first-order valence-electron chi connectivity index (χ1n) is 12.5. The Balaban J connectivity index is 1.63. The van der Waals surface area contributed by atoms with Gasteiger partial charge in [-0.15, -0.1) is 0 Å². The van der Waals surface area contributed by atoms with E-state index in [-0.39, 0.29) is 46.6 Å². The molecule has 3 N–H and O–H groups in total. The topological polar surface area (TPSA) is 136 Å². The van der Waals surface area contributed by atoms with E-state index in [1.165, 1.54) is 30.5 Å². The van der Waals surface area contributed by atoms with E-state index >= 15 is 4.39 Å². The lowest BCUT2D eigenvalue weighted by molar-refractivity contribution is 0.0987. The van der Waals surface area contributed by atoms with E-state index in [2.05, 4.69) is 24.7 Å². The fourth-order valence-corrected chi connectivity index (χ4v) is 5.48. The Morgan fingerprint density at radius 3 is 2.73 bits per heavy atom. The zero-order valence-electron chi connectivity index (χ0n) is 21.4. The van der Waals surface area contributed by atoms with Crippen LogP contribution >= 0.6 is 0 Å². The molecule has 0 amide bonds. The molecule has 0 radical (unpaired) electrons. The van der Waals surface area contributed by atoms with E-state index < -0.39 is 34.1 Å². The Labute approximate surface area is 228 Å². The molecule has 1 saturated heterocycles. The number of fused-ring (bicyclic) bond motifs is 1. The number of sulfonamides is 1. The lowest BCUT2D eigenvalue weighted by atomic mass is 10.1. The van der Waals surface area contributed by atoms with Gasteiger partial charge in [0.25, 0.3) is 0 Å². The first-order chi connectivity index (χ1) is 19.2. The number of nitrogens with two attached hydrogens (primary N) is 1. The van der Waals surface area contributed by atoms with Crippen LogP contribution in [0.1, 0.15) is 13.3 Å². The lowest BCUT2D eigenvalue weighted by Gasteiger charge is -2.34. The van der Waals surface area contributed by atoms with Gasteiger partial charge in [0.1, 0.15) is 17.2 Å². The molecule has 0 saturated carbocycles. The highest BCUT2D eigenvalue weighted by Crippen LogP contribution is 2.33. The number of nitrogen functional groups attached to an aromatic ring is 1. The van der Waals surface area contributed by atoms with Gasteiger partial charge >= 0.3 is 0 Å². The van der Waals surface area contributed by atoms with Crippen LogP contribution < -0.4 is 15.4 Å². The number of benzene rings is 1. The molecule has 4 aromatic rings. The van der Waals surface area contributed by atoms with Crippen molar-refractivity contribution in [3.63, 3.8) is 0 Å². The van der Waals surface area contributed by atoms with Gasteiger partial charge in [0.15, 0.2) is 17.5 Å². The molecule has 1 atom stereocenters. The monoisotopic (exact) mass is 573 g/mol. The van der Waals surface area contributed by atoms with Gasteiger partial charge in [0.05, 0.1) is 54.1 Å². The second-order valence-corrected chi connectivity index (χ2v) is 11.1. The summed E-state index contributed by atoms with van der Waals surface area (Å²) in [6.45, 7) is 2.48. The second kappa shape index (κ2) is 11.2. The third-order valence-electron chi connectivity index (χ3n) is 6.37. The van der Waals surface area contributed by atoms with Crippen molar-refractivity contribution < 1.29 is 26.3 Å². The molecule has 4 heterocycles. The maximum Gasteiger partial charge on any atom is 0.232 e. The molecule has 1 aliphatic heterocycles. The predicted molar refractivity (Wildman–Crippen MR) is 146 cm³/mol. The van der Waals surface area contributed by atoms with Gasteiger partial charge in [-0.25, -0.2) is 37.1 Å². The number of pyridine rings is 2. The van der Waals surface area contributed by atoms with Crippen LogP contribution in [0.4, 0.5) is 30.5 Å². The van der Waals surface area contributed by atoms with E-state index in [0.29, 0.717) is 36.6 Å². The Bertz CT molecular complexity index is 1670. The first-order valence-corrected chi connectivity index (χ1v) is 14.1. The second-order valence-electron chi connectivity index (χ2n) is 9.27. The summed E-state index contributed by atoms with van der Waals surface area (Å²) in [6, 6.07) is 8.35. The number of aromatic nitrogens is 4. The number of morpholine rings is 1. The van der Waals surface area contributed by atoms with Crippen molar-refractivity contribution in [2.45, 2.75) is 19.4 Å². The van der Waals surface area contributed by atoms with E-state index in [0.717, 1.165) is 6.07 Å². The summed E-state index contributed by atoms with van der Waals surface area (Å²) < 4.78 is 75.0. The molecule has 5 rings (SSSR count). The molecular weight excluding hydrogens is 547 g/mol. The fourth-order valence-electron chi connectivity index (χ4n) is 4.39. The van der Waals surface area contributed by atoms with E-state index in [9.17, 15) is 17.2 Å². The third-order valence-corrected chi connectivity index (χ3v) is 7.72. The minimum absolute atomic E-state index is 0.0179. The molecular formula is C26H26F3N7O3S. The van der Waals surface area contributed by atoms with Gasteiger partial charge in [-0.05, 0) is 37.6 Å². The minimum atomic E-state index is -3.95. The molecule has 0 bridgehead atoms. The Morgan fingerprint density at radius 2 is 1.98 bits per heavy atom. The van der Waals surface area contributed by atoms with E-state index in [1.807, 2.05) is 11.8 Å². The van der Waals surface area contributed by atoms with Crippen molar-refractivity contribution in [2.75, 3.05) is 47.5 Å². The largest absolute Gasteiger partial charge is 0.384 e. The van der Waals surface area contributed by atoms with Crippen LogP contribution in [-0.2, 0) is 14.8 Å². The molecule has 14 heteroatoms. The summed E-state index contributed by atoms with van der Waals surface area (Å²) in [4.78, 5) is 19.7. The number of anilines is 3. The molecule has 0 aliphatic carbocycles. The predicted octanol–water partition coefficient (Wildman–Crippen LogP) is 3.94. The summed E-state index contributed by atoms with van der Waals surface area (Å²) >= 11 is 0. The van der Waals surface area contributed by atoms with Gasteiger partial charge in [0, 0.05) is 24.4 Å². The average Bonchev–Trinajstić information content (AvgIpc) is 2.92. The summed E-state index contributed by atoms with van der Waals surface area (Å²) in [6.07, 6.45) is 1.06. The van der Waals surface area contributed by atoms with Crippen molar-refractivity contribution in [2.24, 2.45) is 0 Å². The lowest BCUT2D eigenvalue weighted by Crippen LogP contribution is -2.44. The number of nitrogens with zero attached hydrogens (tertiary/aromatic N) is 5. The number of alkyl halides is 1. The highest BCUT2D eigenvalue weighted by Gasteiger charge is 2.26. The minimum Gasteiger partial charge on any atom is -0.384 e. The molecule has 210 valence electrons. The van der Waals surface area contributed by atoms with Crippen LogP contribution in [0, 0.1) is 11.6 Å². The number of hydrogen-bond acceptors (Lipinski definition) is 9. The van der Waals surface area contributed by atoms with Crippen molar-refractivity contribution in [3.8, 4) is 22.6 Å². The summed E-state index contributed by atoms with van der Waals surface area (Å²) in [7, 11) is -3.95. The van der Waals surface area contributed by atoms with Crippen molar-refractivity contribution in [1.29, 1.82) is 0 Å². The average molecular weight is 574 g/mol. The zero-order valence-corrected chi connectivity index (χ0v) is 22.3. The normalized spacial score (nSPS) is 15.9. The summed E-state index contributed by atoms with van der Waals surface area (Å²) in [5.74, 6) is -1.46. The molecule has 10 nitrogen and oxygen atoms in total. The maximum absolute atomic E-state index is 15.5. The highest BCUT2D eigenvalue weighted by atomic mass is 32.2. The smallest absolute Gasteiger partial charge is 0.232 e. The van der Waals surface area contributed by atoms with Gasteiger partial charge in [-0.2, -0.15) is 0 Å². The van der Waals surface area contributed by atoms with Gasteiger partial charge in [-0.3, -0.25) is 9.11 Å². The van der Waals surface area contributed by atoms with Crippen molar-refractivity contribution in [1.82, 2.24) is 19.9 Å². The SMILES string of the molecule is C[C@H]1COCCN1c1nc(-c2cnc(N)cc2F)nc2ccc(-c3cccc(NS(=O)(=O)CCCF)c3F)nc12. The van der Waals surface area contributed by atoms with Crippen LogP contribution in [0.25, 0.3) is 33.7 Å². The van der Waals surface area contributed by atoms with Gasteiger partial charge in [0.2, 0.25) is 10.0 Å². The third kappa shape index (κ3) is 5.63. The Morgan fingerprint density at radius 1 is 1.15 bits per heavy atom. The molecule has 40 heavy (non-hydrogen) atoms. The molecule has 1 aromatic carbocycles. The number of nitrogens with one attached hydrogen (secondary N) is 1. The van der Waals surface area contributed by atoms with Crippen LogP contribution in [0.15, 0.2) is 42.6 Å². The Kier molecular flexibility index (Phi) is 7.72. The molecule has 3 aromatic heterocycles. The van der Waals surface area contributed by atoms with Crippen LogP contribution in [0.2, 0.25) is 0 Å². The van der Waals surface area contributed by atoms with Gasteiger partial charge < -0.3 is 15.4 Å². The fraction of sp³-hybridized carbons (Fsp3) is 0.308. The van der Waals surface area contributed by atoms with E-state index in [4.69, 9.17) is 10.5 Å². The van der Waals surface area contributed by atoms with Crippen molar-refractivity contribution >= 4 is 38.4 Å². The molecule has 0 unspecified atom stereocenters. The molecule has 1 fully saturated rings. The highest BCUT2D eigenvalue weighted by molar-refractivity contribution is 7.92. The molecule has 1 aliphatic rings. The summed E-state index contributed by atoms with van der Waals surface area (Å²) in [5.41, 5.74) is 6.33. The number of halogens is 3. The summed E-state index contributed by atoms with van der Waals surface area (Å²) in [5, 5.41) is 0. The standard InChI is InChI=1S/C26H26F3N7O3S/c1-15-14-39-10-9-36(15)26-24-21(33-25(34-26)17-13-31-22(30)12-18(17)28)7-6-19(32-24)16-4-2-5-20(23(16)29)35-40(37,38)11-3-8-27/h2,4-7,12-13,15,35H,3,8-11,14H2,1H3,(H2,30,31)/t15-/m0/s1. The van der Waals surface area contributed by atoms with E-state index in [1.54, 1.807) is 6.07 Å². The zero-order chi connectivity index (χ0) is 28.4. The van der Waals surface area contributed by atoms with Gasteiger partial charge in [-0.1, -0.05) is 6.07 Å². The maximum atomic E-state index is 15.5. The number of hydrogen-bond donors (Lipinski definition) is 2. The molecule has 0 spiro atoms. The number of rotatable bonds is 8. The van der Waals surface area contributed by atoms with Crippen molar-refractivity contribution in [3.05, 3.63) is 54.2 Å². The van der Waals surface area contributed by atoms with Crippen LogP contribution in [0.3, 0.4) is 0 Å². The number of ether oxygens (including phenoxy) is 1.